The Hall–Kier alpha value is -3.28. The zero-order valence-electron chi connectivity index (χ0n) is 19.0. The molecule has 1 aliphatic rings. The van der Waals surface area contributed by atoms with Crippen LogP contribution in [0.5, 0.6) is 5.75 Å². The molecule has 0 spiro atoms. The number of rotatable bonds is 6. The van der Waals surface area contributed by atoms with Gasteiger partial charge in [0.25, 0.3) is 0 Å². The largest absolute Gasteiger partial charge is 0.490 e. The van der Waals surface area contributed by atoms with E-state index in [-0.39, 0.29) is 12.0 Å². The minimum absolute atomic E-state index is 0.0281. The molecule has 1 heterocycles. The van der Waals surface area contributed by atoms with E-state index in [1.165, 1.54) is 29.5 Å². The summed E-state index contributed by atoms with van der Waals surface area (Å²) >= 11 is 1.58. The Kier molecular flexibility index (Phi) is 8.52. The first-order valence-corrected chi connectivity index (χ1v) is 11.9. The number of amides is 1. The van der Waals surface area contributed by atoms with Gasteiger partial charge in [-0.15, -0.1) is 10.2 Å². The Bertz CT molecular complexity index is 1150. The van der Waals surface area contributed by atoms with Crippen LogP contribution in [0.2, 0.25) is 0 Å². The van der Waals surface area contributed by atoms with E-state index in [4.69, 9.17) is 10.5 Å². The van der Waals surface area contributed by atoms with Crippen LogP contribution in [0.25, 0.3) is 21.1 Å². The summed E-state index contributed by atoms with van der Waals surface area (Å²) < 4.78 is 5.71. The number of nitrogens with two attached hydrogens (primary N) is 2. The molecule has 0 saturated heterocycles. The second-order valence-corrected chi connectivity index (χ2v) is 9.03. The number of aromatic nitrogens is 2. The van der Waals surface area contributed by atoms with E-state index in [0.29, 0.717) is 24.3 Å². The molecule has 0 saturated carbocycles. The van der Waals surface area contributed by atoms with Crippen molar-refractivity contribution in [2.24, 2.45) is 11.5 Å². The van der Waals surface area contributed by atoms with E-state index in [1.54, 1.807) is 11.3 Å². The first-order valence-electron chi connectivity index (χ1n) is 11.1. The van der Waals surface area contributed by atoms with E-state index in [0.717, 1.165) is 28.4 Å². The number of hydrogen-bond acceptors (Lipinski definition) is 7. The first-order chi connectivity index (χ1) is 15.9. The van der Waals surface area contributed by atoms with Crippen LogP contribution in [0.3, 0.4) is 0 Å². The third kappa shape index (κ3) is 6.37. The van der Waals surface area contributed by atoms with Gasteiger partial charge in [-0.3, -0.25) is 4.79 Å². The Balaban J connectivity index is 0.000000454. The van der Waals surface area contributed by atoms with Crippen LogP contribution in [-0.2, 0) is 17.6 Å². The fourth-order valence-corrected chi connectivity index (χ4v) is 4.57. The molecule has 0 bridgehead atoms. The van der Waals surface area contributed by atoms with Gasteiger partial charge in [0.15, 0.2) is 0 Å². The summed E-state index contributed by atoms with van der Waals surface area (Å²) in [6, 6.07) is 14.3. The lowest BCUT2D eigenvalue weighted by Gasteiger charge is -2.17. The second-order valence-electron chi connectivity index (χ2n) is 8.06. The molecule has 33 heavy (non-hydrogen) atoms. The molecule has 8 heteroatoms. The standard InChI is InChI=1S/C22H21N3OS.C3H8N2O/c1-14(2)26-20-11-10-16(12-17(20)13-23)21-24-25-22(27-21)19-9-5-7-15-6-3-4-8-18(15)19;4-2-1-3(5)6/h5,7,9-12,14H,3-4,6,8H2,1-2H3;1-2,4H2,(H2,5,6). The lowest BCUT2D eigenvalue weighted by Crippen LogP contribution is -2.15. The van der Waals surface area contributed by atoms with Crippen LogP contribution < -0.4 is 16.2 Å². The van der Waals surface area contributed by atoms with Crippen molar-refractivity contribution >= 4 is 17.2 Å². The normalized spacial score (nSPS) is 12.3. The van der Waals surface area contributed by atoms with Crippen molar-refractivity contribution in [1.82, 2.24) is 10.2 Å². The number of carbonyl (C=O) groups excluding carboxylic acids is 1. The Morgan fingerprint density at radius 1 is 1.18 bits per heavy atom. The Morgan fingerprint density at radius 2 is 1.94 bits per heavy atom. The van der Waals surface area contributed by atoms with Crippen molar-refractivity contribution in [1.29, 1.82) is 5.26 Å². The highest BCUT2D eigenvalue weighted by atomic mass is 32.1. The number of primary amides is 1. The van der Waals surface area contributed by atoms with Gasteiger partial charge in [0, 0.05) is 24.1 Å². The summed E-state index contributed by atoms with van der Waals surface area (Å²) in [5, 5.41) is 20.1. The zero-order valence-corrected chi connectivity index (χ0v) is 19.8. The lowest BCUT2D eigenvalue weighted by atomic mass is 9.88. The number of nitriles is 1. The molecule has 4 N–H and O–H groups in total. The van der Waals surface area contributed by atoms with Gasteiger partial charge in [0.05, 0.1) is 11.7 Å². The number of carbonyl (C=O) groups is 1. The van der Waals surface area contributed by atoms with Crippen molar-refractivity contribution < 1.29 is 9.53 Å². The molecule has 4 rings (SSSR count). The van der Waals surface area contributed by atoms with Crippen LogP contribution >= 0.6 is 11.3 Å². The molecule has 0 unspecified atom stereocenters. The van der Waals surface area contributed by atoms with Crippen molar-refractivity contribution in [2.75, 3.05) is 6.54 Å². The molecule has 1 aliphatic carbocycles. The fraction of sp³-hybridized carbons (Fsp3) is 0.360. The molecule has 0 fully saturated rings. The highest BCUT2D eigenvalue weighted by molar-refractivity contribution is 7.17. The molecular formula is C25H29N5O2S. The Morgan fingerprint density at radius 3 is 2.61 bits per heavy atom. The minimum Gasteiger partial charge on any atom is -0.490 e. The van der Waals surface area contributed by atoms with Gasteiger partial charge in [-0.25, -0.2) is 0 Å². The monoisotopic (exact) mass is 463 g/mol. The van der Waals surface area contributed by atoms with Crippen LogP contribution in [0.4, 0.5) is 0 Å². The minimum atomic E-state index is -0.336. The molecule has 7 nitrogen and oxygen atoms in total. The third-order valence-corrected chi connectivity index (χ3v) is 6.16. The van der Waals surface area contributed by atoms with Gasteiger partial charge in [0.2, 0.25) is 5.91 Å². The predicted octanol–water partition coefficient (Wildman–Crippen LogP) is 4.23. The quantitative estimate of drug-likeness (QED) is 0.563. The number of hydrogen-bond donors (Lipinski definition) is 2. The van der Waals surface area contributed by atoms with Gasteiger partial charge in [-0.05, 0) is 68.9 Å². The van der Waals surface area contributed by atoms with E-state index < -0.39 is 0 Å². The average Bonchev–Trinajstić information content (AvgIpc) is 3.29. The summed E-state index contributed by atoms with van der Waals surface area (Å²) in [6.45, 7) is 4.26. The van der Waals surface area contributed by atoms with Crippen molar-refractivity contribution in [3.8, 4) is 33.0 Å². The third-order valence-electron chi connectivity index (χ3n) is 5.15. The highest BCUT2D eigenvalue weighted by Crippen LogP contribution is 2.36. The number of nitrogens with zero attached hydrogens (tertiary/aromatic N) is 3. The van der Waals surface area contributed by atoms with Crippen molar-refractivity contribution in [2.45, 2.75) is 52.1 Å². The summed E-state index contributed by atoms with van der Waals surface area (Å²) in [6.07, 6.45) is 5.08. The van der Waals surface area contributed by atoms with E-state index in [1.807, 2.05) is 32.0 Å². The summed E-state index contributed by atoms with van der Waals surface area (Å²) in [7, 11) is 0. The molecule has 3 aromatic rings. The van der Waals surface area contributed by atoms with Gasteiger partial charge in [-0.1, -0.05) is 29.5 Å². The predicted molar refractivity (Wildman–Crippen MR) is 131 cm³/mol. The van der Waals surface area contributed by atoms with E-state index in [2.05, 4.69) is 40.2 Å². The summed E-state index contributed by atoms with van der Waals surface area (Å²) in [4.78, 5) is 9.74. The maximum absolute atomic E-state index is 9.74. The smallest absolute Gasteiger partial charge is 0.218 e. The van der Waals surface area contributed by atoms with Crippen LogP contribution in [-0.4, -0.2) is 28.8 Å². The molecular weight excluding hydrogens is 434 g/mol. The highest BCUT2D eigenvalue weighted by Gasteiger charge is 2.18. The maximum atomic E-state index is 9.74. The molecule has 0 radical (unpaired) electrons. The topological polar surface area (TPSA) is 128 Å². The van der Waals surface area contributed by atoms with Crippen molar-refractivity contribution in [3.05, 3.63) is 53.1 Å². The van der Waals surface area contributed by atoms with E-state index in [9.17, 15) is 10.1 Å². The average molecular weight is 464 g/mol. The van der Waals surface area contributed by atoms with Crippen LogP contribution in [0, 0.1) is 11.3 Å². The van der Waals surface area contributed by atoms with Gasteiger partial charge in [0.1, 0.15) is 21.8 Å². The number of ether oxygens (including phenoxy) is 1. The molecule has 1 amide bonds. The second kappa shape index (κ2) is 11.5. The van der Waals surface area contributed by atoms with Crippen LogP contribution in [0.1, 0.15) is 49.8 Å². The number of aryl methyl sites for hydroxylation is 1. The maximum Gasteiger partial charge on any atom is 0.218 e. The van der Waals surface area contributed by atoms with Gasteiger partial charge >= 0.3 is 0 Å². The fourth-order valence-electron chi connectivity index (χ4n) is 3.68. The van der Waals surface area contributed by atoms with Crippen LogP contribution in [0.15, 0.2) is 36.4 Å². The molecule has 0 atom stereocenters. The van der Waals surface area contributed by atoms with Crippen molar-refractivity contribution in [3.63, 3.8) is 0 Å². The van der Waals surface area contributed by atoms with E-state index >= 15 is 0 Å². The number of benzene rings is 2. The summed E-state index contributed by atoms with van der Waals surface area (Å²) in [5.74, 6) is 0.274. The van der Waals surface area contributed by atoms with Gasteiger partial charge in [-0.2, -0.15) is 5.26 Å². The molecule has 1 aromatic heterocycles. The SMILES string of the molecule is CC(C)Oc1ccc(-c2nnc(-c3cccc4c3CCCC4)s2)cc1C#N.NCCC(N)=O. The van der Waals surface area contributed by atoms with Gasteiger partial charge < -0.3 is 16.2 Å². The molecule has 2 aromatic carbocycles. The Labute approximate surface area is 198 Å². The summed E-state index contributed by atoms with van der Waals surface area (Å²) in [5.41, 5.74) is 15.1. The zero-order chi connectivity index (χ0) is 23.8. The molecule has 0 aliphatic heterocycles. The molecule has 172 valence electrons. The lowest BCUT2D eigenvalue weighted by molar-refractivity contribution is -0.117. The first kappa shape index (κ1) is 24.4. The number of fused-ring (bicyclic) bond motifs is 1.